The van der Waals surface area contributed by atoms with Crippen molar-refractivity contribution < 1.29 is 14.3 Å². The summed E-state index contributed by atoms with van der Waals surface area (Å²) in [5.74, 6) is 5.55. The molecule has 0 unspecified atom stereocenters. The number of ether oxygens (including phenoxy) is 1. The van der Waals surface area contributed by atoms with E-state index in [1.54, 1.807) is 4.90 Å². The number of carbonyl (C=O) groups excluding carboxylic acids is 2. The van der Waals surface area contributed by atoms with Gasteiger partial charge in [0.15, 0.2) is 0 Å². The van der Waals surface area contributed by atoms with Crippen LogP contribution in [0.25, 0.3) is 0 Å². The van der Waals surface area contributed by atoms with Crippen molar-refractivity contribution in [1.82, 2.24) is 9.80 Å². The quantitative estimate of drug-likeness (QED) is 0.498. The average Bonchev–Trinajstić information content (AvgIpc) is 3.25. The lowest BCUT2D eigenvalue weighted by Gasteiger charge is -2.28. The molecule has 33 heavy (non-hydrogen) atoms. The summed E-state index contributed by atoms with van der Waals surface area (Å²) in [6.07, 6.45) is 0.530. The number of rotatable bonds is 6. The summed E-state index contributed by atoms with van der Waals surface area (Å²) in [5.41, 5.74) is 1.75. The molecule has 0 radical (unpaired) electrons. The summed E-state index contributed by atoms with van der Waals surface area (Å²) in [4.78, 5) is 30.5. The van der Waals surface area contributed by atoms with E-state index in [0.29, 0.717) is 19.5 Å². The highest BCUT2D eigenvalue weighted by atomic mass is 16.5. The number of benzene rings is 2. The monoisotopic (exact) mass is 446 g/mol. The third-order valence-corrected chi connectivity index (χ3v) is 5.96. The molecule has 1 fully saturated rings. The Morgan fingerprint density at radius 3 is 2.09 bits per heavy atom. The van der Waals surface area contributed by atoms with E-state index in [2.05, 4.69) is 37.5 Å². The smallest absolute Gasteiger partial charge is 0.328 e. The van der Waals surface area contributed by atoms with Gasteiger partial charge in [-0.3, -0.25) is 9.69 Å². The van der Waals surface area contributed by atoms with Crippen LogP contribution in [0.4, 0.5) is 0 Å². The van der Waals surface area contributed by atoms with Crippen molar-refractivity contribution in [2.24, 2.45) is 5.41 Å². The third-order valence-electron chi connectivity index (χ3n) is 5.96. The molecule has 0 spiro atoms. The lowest BCUT2D eigenvalue weighted by molar-refractivity contribution is -0.151. The zero-order valence-electron chi connectivity index (χ0n) is 20.2. The zero-order chi connectivity index (χ0) is 24.0. The van der Waals surface area contributed by atoms with E-state index in [1.165, 1.54) is 7.11 Å². The number of esters is 1. The molecule has 0 bridgehead atoms. The fourth-order valence-electron chi connectivity index (χ4n) is 4.23. The van der Waals surface area contributed by atoms with Gasteiger partial charge in [-0.2, -0.15) is 0 Å². The number of likely N-dealkylation sites (N-methyl/N-ethyl adjacent to an activating group) is 1. The first-order chi connectivity index (χ1) is 15.7. The summed E-state index contributed by atoms with van der Waals surface area (Å²) < 4.78 is 5.08. The summed E-state index contributed by atoms with van der Waals surface area (Å²) in [6, 6.07) is 18.9. The highest BCUT2D eigenvalue weighted by molar-refractivity contribution is 5.91. The second-order valence-electron chi connectivity index (χ2n) is 9.64. The molecule has 0 aromatic heterocycles. The van der Waals surface area contributed by atoms with Crippen LogP contribution in [0.1, 0.15) is 44.2 Å². The number of amides is 1. The van der Waals surface area contributed by atoms with Gasteiger partial charge >= 0.3 is 5.97 Å². The molecule has 2 aromatic carbocycles. The van der Waals surface area contributed by atoms with Crippen molar-refractivity contribution in [3.05, 3.63) is 71.8 Å². The fraction of sp³-hybridized carbons (Fsp3) is 0.429. The maximum absolute atomic E-state index is 14.0. The molecule has 3 rings (SSSR count). The number of hydrogen-bond acceptors (Lipinski definition) is 4. The van der Waals surface area contributed by atoms with Gasteiger partial charge in [0, 0.05) is 18.0 Å². The molecule has 174 valence electrons. The van der Waals surface area contributed by atoms with Crippen LogP contribution in [0.15, 0.2) is 60.7 Å². The van der Waals surface area contributed by atoms with Crippen molar-refractivity contribution in [1.29, 1.82) is 0 Å². The Morgan fingerprint density at radius 2 is 1.61 bits per heavy atom. The van der Waals surface area contributed by atoms with Crippen molar-refractivity contribution in [3.8, 4) is 11.8 Å². The average molecular weight is 447 g/mol. The Labute approximate surface area is 197 Å². The predicted octanol–water partition coefficient (Wildman–Crippen LogP) is 3.94. The van der Waals surface area contributed by atoms with E-state index in [-0.39, 0.29) is 23.3 Å². The molecule has 5 heteroatoms. The van der Waals surface area contributed by atoms with Crippen LogP contribution in [0.2, 0.25) is 0 Å². The molecule has 1 heterocycles. The number of likely N-dealkylation sites (tertiary alicyclic amines) is 1. The minimum absolute atomic E-state index is 0.0273. The summed E-state index contributed by atoms with van der Waals surface area (Å²) in [7, 11) is 3.37. The number of carbonyl (C=O) groups is 2. The minimum atomic E-state index is -0.611. The standard InChI is InChI=1S/C28H34N2O3/c1-28(2,3)17-12-18-29(4)23-19-24(27(32)33-5)30(20-23)26(31)25(21-13-8-6-9-14-21)22-15-10-7-11-16-22/h6-11,13-16,23-25H,18-20H2,1-5H3/t23-,24-/m0/s1. The Hall–Kier alpha value is -3.10. The van der Waals surface area contributed by atoms with Crippen LogP contribution in [-0.4, -0.2) is 61.0 Å². The maximum atomic E-state index is 14.0. The second kappa shape index (κ2) is 10.7. The SMILES string of the molecule is COC(=O)[C@@H]1C[C@H](N(C)CC#CC(C)(C)C)CN1C(=O)C(c1ccccc1)c1ccccc1. The van der Waals surface area contributed by atoms with E-state index < -0.39 is 12.0 Å². The lowest BCUT2D eigenvalue weighted by atomic mass is 9.90. The Bertz CT molecular complexity index is 963. The highest BCUT2D eigenvalue weighted by Gasteiger charge is 2.44. The van der Waals surface area contributed by atoms with Gasteiger partial charge in [0.2, 0.25) is 5.91 Å². The predicted molar refractivity (Wildman–Crippen MR) is 131 cm³/mol. The topological polar surface area (TPSA) is 49.9 Å². The van der Waals surface area contributed by atoms with Crippen LogP contribution in [0.5, 0.6) is 0 Å². The summed E-state index contributed by atoms with van der Waals surface area (Å²) in [6.45, 7) is 7.28. The van der Waals surface area contributed by atoms with Crippen molar-refractivity contribution >= 4 is 11.9 Å². The number of hydrogen-bond donors (Lipinski definition) is 0. The maximum Gasteiger partial charge on any atom is 0.328 e. The van der Waals surface area contributed by atoms with Gasteiger partial charge < -0.3 is 9.64 Å². The molecule has 0 saturated carbocycles. The Balaban J connectivity index is 1.89. The van der Waals surface area contributed by atoms with E-state index in [4.69, 9.17) is 4.74 Å². The van der Waals surface area contributed by atoms with E-state index >= 15 is 0 Å². The molecular weight excluding hydrogens is 412 g/mol. The van der Waals surface area contributed by atoms with Crippen molar-refractivity contribution in [3.63, 3.8) is 0 Å². The molecule has 1 amide bonds. The molecule has 2 atom stereocenters. The Kier molecular flexibility index (Phi) is 7.94. The molecule has 1 aliphatic heterocycles. The normalized spacial score (nSPS) is 18.2. The van der Waals surface area contributed by atoms with Gasteiger partial charge in [-0.1, -0.05) is 72.5 Å². The molecule has 1 saturated heterocycles. The van der Waals surface area contributed by atoms with Crippen molar-refractivity contribution in [2.75, 3.05) is 27.2 Å². The first kappa shape index (κ1) is 24.5. The fourth-order valence-corrected chi connectivity index (χ4v) is 4.23. The van der Waals surface area contributed by atoms with Gasteiger partial charge in [0.05, 0.1) is 19.6 Å². The van der Waals surface area contributed by atoms with Gasteiger partial charge in [0.25, 0.3) is 0 Å². The second-order valence-corrected chi connectivity index (χ2v) is 9.64. The van der Waals surface area contributed by atoms with E-state index in [1.807, 2.05) is 67.7 Å². The van der Waals surface area contributed by atoms with Crippen LogP contribution in [0, 0.1) is 17.3 Å². The van der Waals surface area contributed by atoms with Gasteiger partial charge in [-0.05, 0) is 45.4 Å². The van der Waals surface area contributed by atoms with E-state index in [0.717, 1.165) is 11.1 Å². The van der Waals surface area contributed by atoms with Crippen LogP contribution in [0.3, 0.4) is 0 Å². The molecule has 2 aromatic rings. The van der Waals surface area contributed by atoms with Crippen LogP contribution < -0.4 is 0 Å². The number of nitrogens with zero attached hydrogens (tertiary/aromatic N) is 2. The molecular formula is C28H34N2O3. The third kappa shape index (κ3) is 6.24. The minimum Gasteiger partial charge on any atom is -0.467 e. The first-order valence-electron chi connectivity index (χ1n) is 11.4. The molecule has 0 N–H and O–H groups in total. The Morgan fingerprint density at radius 1 is 1.06 bits per heavy atom. The van der Waals surface area contributed by atoms with Crippen LogP contribution in [-0.2, 0) is 14.3 Å². The number of methoxy groups -OCH3 is 1. The summed E-state index contributed by atoms with van der Waals surface area (Å²) >= 11 is 0. The van der Waals surface area contributed by atoms with E-state index in [9.17, 15) is 9.59 Å². The van der Waals surface area contributed by atoms with Crippen LogP contribution >= 0.6 is 0 Å². The molecule has 1 aliphatic rings. The zero-order valence-corrected chi connectivity index (χ0v) is 20.2. The first-order valence-corrected chi connectivity index (χ1v) is 11.4. The highest BCUT2D eigenvalue weighted by Crippen LogP contribution is 2.31. The van der Waals surface area contributed by atoms with Crippen molar-refractivity contribution in [2.45, 2.75) is 45.2 Å². The summed E-state index contributed by atoms with van der Waals surface area (Å²) in [5, 5.41) is 0. The van der Waals surface area contributed by atoms with Gasteiger partial charge in [0.1, 0.15) is 6.04 Å². The largest absolute Gasteiger partial charge is 0.467 e. The molecule has 0 aliphatic carbocycles. The van der Waals surface area contributed by atoms with Gasteiger partial charge in [-0.15, -0.1) is 0 Å². The molecule has 5 nitrogen and oxygen atoms in total. The van der Waals surface area contributed by atoms with Gasteiger partial charge in [-0.25, -0.2) is 4.79 Å². The lowest BCUT2D eigenvalue weighted by Crippen LogP contribution is -2.44.